The normalized spacial score (nSPS) is 13.5. The number of aryl methyl sites for hydroxylation is 1. The number of rotatable bonds is 10. The second-order valence-electron chi connectivity index (χ2n) is 7.69. The topological polar surface area (TPSA) is 84.0 Å². The van der Waals surface area contributed by atoms with E-state index in [9.17, 15) is 4.79 Å². The molecule has 7 nitrogen and oxygen atoms in total. The molecule has 166 valence electrons. The summed E-state index contributed by atoms with van der Waals surface area (Å²) in [7, 11) is 3.44. The first-order valence-corrected chi connectivity index (χ1v) is 10.7. The van der Waals surface area contributed by atoms with Crippen molar-refractivity contribution in [1.29, 1.82) is 0 Å². The lowest BCUT2D eigenvalue weighted by Crippen LogP contribution is -2.37. The highest BCUT2D eigenvalue weighted by Crippen LogP contribution is 2.20. The highest BCUT2D eigenvalue weighted by Gasteiger charge is 2.23. The number of amides is 1. The number of methoxy groups -OCH3 is 1. The van der Waals surface area contributed by atoms with Crippen LogP contribution in [0.2, 0.25) is 0 Å². The lowest BCUT2D eigenvalue weighted by molar-refractivity contribution is -0.123. The fraction of sp³-hybridized carbons (Fsp3) is 0.417. The maximum Gasteiger partial charge on any atom is 0.258 e. The van der Waals surface area contributed by atoms with Gasteiger partial charge in [-0.2, -0.15) is 0 Å². The van der Waals surface area contributed by atoms with Crippen LogP contribution in [0, 0.1) is 6.92 Å². The van der Waals surface area contributed by atoms with Crippen molar-refractivity contribution in [3.63, 3.8) is 0 Å². The molecule has 0 spiro atoms. The van der Waals surface area contributed by atoms with E-state index in [0.29, 0.717) is 18.3 Å². The number of nitrogens with zero attached hydrogens (tertiary/aromatic N) is 1. The molecule has 0 aromatic heterocycles. The summed E-state index contributed by atoms with van der Waals surface area (Å²) in [4.78, 5) is 16.0. The van der Waals surface area contributed by atoms with E-state index >= 15 is 0 Å². The molecule has 1 fully saturated rings. The zero-order valence-corrected chi connectivity index (χ0v) is 18.5. The Hall–Kier alpha value is -3.22. The van der Waals surface area contributed by atoms with E-state index in [1.807, 2.05) is 37.3 Å². The molecule has 0 unspecified atom stereocenters. The van der Waals surface area contributed by atoms with Crippen LogP contribution in [-0.4, -0.2) is 45.2 Å². The van der Waals surface area contributed by atoms with Crippen LogP contribution in [-0.2, 0) is 17.8 Å². The predicted molar refractivity (Wildman–Crippen MR) is 123 cm³/mol. The third-order valence-electron chi connectivity index (χ3n) is 5.05. The number of hydrogen-bond donors (Lipinski definition) is 3. The maximum atomic E-state index is 11.7. The van der Waals surface area contributed by atoms with Crippen molar-refractivity contribution in [2.24, 2.45) is 4.99 Å². The largest absolute Gasteiger partial charge is 0.496 e. The Morgan fingerprint density at radius 3 is 2.58 bits per heavy atom. The lowest BCUT2D eigenvalue weighted by Gasteiger charge is -2.14. The number of carbonyl (C=O) groups excluding carboxylic acids is 1. The molecule has 0 aliphatic heterocycles. The van der Waals surface area contributed by atoms with Crippen molar-refractivity contribution >= 4 is 11.9 Å². The number of hydrogen-bond acceptors (Lipinski definition) is 4. The Labute approximate surface area is 184 Å². The summed E-state index contributed by atoms with van der Waals surface area (Å²) in [5.74, 6) is 2.25. The van der Waals surface area contributed by atoms with Crippen LogP contribution in [0.4, 0.5) is 0 Å². The highest BCUT2D eigenvalue weighted by molar-refractivity contribution is 5.79. The van der Waals surface area contributed by atoms with Crippen molar-refractivity contribution in [3.05, 3.63) is 59.2 Å². The Bertz CT molecular complexity index is 892. The first-order valence-electron chi connectivity index (χ1n) is 10.7. The van der Waals surface area contributed by atoms with Gasteiger partial charge < -0.3 is 25.4 Å². The van der Waals surface area contributed by atoms with Gasteiger partial charge in [0.05, 0.1) is 7.11 Å². The van der Waals surface area contributed by atoms with Gasteiger partial charge in [-0.3, -0.25) is 9.79 Å². The smallest absolute Gasteiger partial charge is 0.258 e. The summed E-state index contributed by atoms with van der Waals surface area (Å²) < 4.78 is 11.0. The average Bonchev–Trinajstić information content (AvgIpc) is 3.60. The molecular formula is C24H32N4O3. The van der Waals surface area contributed by atoms with Crippen molar-refractivity contribution in [3.8, 4) is 11.5 Å². The fourth-order valence-electron chi connectivity index (χ4n) is 3.12. The molecule has 0 atom stereocenters. The molecule has 1 amide bonds. The highest BCUT2D eigenvalue weighted by atomic mass is 16.5. The lowest BCUT2D eigenvalue weighted by atomic mass is 10.1. The third-order valence-corrected chi connectivity index (χ3v) is 5.05. The summed E-state index contributed by atoms with van der Waals surface area (Å²) in [6.45, 7) is 3.48. The van der Waals surface area contributed by atoms with Gasteiger partial charge in [-0.25, -0.2) is 0 Å². The number of carbonyl (C=O) groups is 1. The van der Waals surface area contributed by atoms with E-state index in [2.05, 4.69) is 33.1 Å². The molecule has 1 saturated carbocycles. The van der Waals surface area contributed by atoms with Gasteiger partial charge in [0.1, 0.15) is 11.5 Å². The number of ether oxygens (including phenoxy) is 2. The monoisotopic (exact) mass is 424 g/mol. The second-order valence-corrected chi connectivity index (χ2v) is 7.69. The maximum absolute atomic E-state index is 11.7. The van der Waals surface area contributed by atoms with E-state index in [1.165, 1.54) is 11.1 Å². The Morgan fingerprint density at radius 2 is 1.90 bits per heavy atom. The van der Waals surface area contributed by atoms with Crippen LogP contribution in [0.25, 0.3) is 0 Å². The number of benzene rings is 2. The van der Waals surface area contributed by atoms with E-state index in [1.54, 1.807) is 14.2 Å². The Morgan fingerprint density at radius 1 is 1.13 bits per heavy atom. The Kier molecular flexibility index (Phi) is 8.15. The molecule has 0 radical (unpaired) electrons. The summed E-state index contributed by atoms with van der Waals surface area (Å²) in [5, 5.41) is 9.56. The summed E-state index contributed by atoms with van der Waals surface area (Å²) in [6, 6.07) is 14.4. The van der Waals surface area contributed by atoms with Gasteiger partial charge in [0, 0.05) is 31.7 Å². The molecular weight excluding hydrogens is 392 g/mol. The summed E-state index contributed by atoms with van der Waals surface area (Å²) in [6.07, 6.45) is 3.00. The van der Waals surface area contributed by atoms with E-state index in [0.717, 1.165) is 43.1 Å². The molecule has 1 aliphatic carbocycles. The van der Waals surface area contributed by atoms with Crippen molar-refractivity contribution in [1.82, 2.24) is 16.0 Å². The molecule has 7 heteroatoms. The number of nitrogens with one attached hydrogen (secondary N) is 3. The molecule has 31 heavy (non-hydrogen) atoms. The SMILES string of the molecule is CN=C(NCCc1ccc(OCC(=O)NC2CC2)cc1)NCc1ccc(C)cc1OC. The van der Waals surface area contributed by atoms with Crippen molar-refractivity contribution in [2.75, 3.05) is 27.3 Å². The van der Waals surface area contributed by atoms with Gasteiger partial charge in [-0.15, -0.1) is 0 Å². The van der Waals surface area contributed by atoms with Crippen LogP contribution in [0.1, 0.15) is 29.5 Å². The first kappa shape index (κ1) is 22.5. The van der Waals surface area contributed by atoms with Crippen LogP contribution in [0.3, 0.4) is 0 Å². The van der Waals surface area contributed by atoms with Crippen molar-refractivity contribution < 1.29 is 14.3 Å². The predicted octanol–water partition coefficient (Wildman–Crippen LogP) is 2.57. The van der Waals surface area contributed by atoms with Gasteiger partial charge in [-0.05, 0) is 55.5 Å². The molecule has 0 bridgehead atoms. The van der Waals surface area contributed by atoms with Crippen LogP contribution >= 0.6 is 0 Å². The van der Waals surface area contributed by atoms with Gasteiger partial charge in [0.25, 0.3) is 5.91 Å². The standard InChI is InChI=1S/C24H32N4O3/c1-17-4-7-19(22(14-17)30-3)15-27-24(25-2)26-13-12-18-5-10-21(11-6-18)31-16-23(29)28-20-8-9-20/h4-7,10-11,14,20H,8-9,12-13,15-16H2,1-3H3,(H,28,29)(H2,25,26,27). The van der Waals surface area contributed by atoms with Crippen LogP contribution in [0.15, 0.2) is 47.5 Å². The zero-order chi connectivity index (χ0) is 22.1. The first-order chi connectivity index (χ1) is 15.1. The fourth-order valence-corrected chi connectivity index (χ4v) is 3.12. The molecule has 0 saturated heterocycles. The Balaban J connectivity index is 1.38. The van der Waals surface area contributed by atoms with Gasteiger partial charge >= 0.3 is 0 Å². The molecule has 3 rings (SSSR count). The molecule has 2 aromatic carbocycles. The minimum atomic E-state index is -0.0575. The van der Waals surface area contributed by atoms with E-state index in [-0.39, 0.29) is 12.5 Å². The average molecular weight is 425 g/mol. The molecule has 2 aromatic rings. The van der Waals surface area contributed by atoms with Gasteiger partial charge in [0.15, 0.2) is 12.6 Å². The third kappa shape index (κ3) is 7.51. The van der Waals surface area contributed by atoms with Gasteiger partial charge in [-0.1, -0.05) is 24.3 Å². The number of guanidine groups is 1. The van der Waals surface area contributed by atoms with Gasteiger partial charge in [0.2, 0.25) is 0 Å². The van der Waals surface area contributed by atoms with E-state index < -0.39 is 0 Å². The zero-order valence-electron chi connectivity index (χ0n) is 18.5. The molecule has 1 aliphatic rings. The second kappa shape index (κ2) is 11.2. The van der Waals surface area contributed by atoms with Crippen LogP contribution in [0.5, 0.6) is 11.5 Å². The quantitative estimate of drug-likeness (QED) is 0.403. The van der Waals surface area contributed by atoms with Crippen molar-refractivity contribution in [2.45, 2.75) is 38.8 Å². The molecule has 3 N–H and O–H groups in total. The number of aliphatic imine (C=N–C) groups is 1. The summed E-state index contributed by atoms with van der Waals surface area (Å²) >= 11 is 0. The van der Waals surface area contributed by atoms with E-state index in [4.69, 9.17) is 9.47 Å². The molecule has 0 heterocycles. The minimum absolute atomic E-state index is 0.0575. The minimum Gasteiger partial charge on any atom is -0.496 e. The summed E-state index contributed by atoms with van der Waals surface area (Å²) in [5.41, 5.74) is 3.43. The van der Waals surface area contributed by atoms with Crippen LogP contribution < -0.4 is 25.4 Å².